The third kappa shape index (κ3) is 2.08. The minimum atomic E-state index is 0.0757. The maximum Gasteiger partial charge on any atom is 0.0459 e. The van der Waals surface area contributed by atoms with Crippen LogP contribution in [-0.4, -0.2) is 17.6 Å². The lowest BCUT2D eigenvalue weighted by Gasteiger charge is -2.13. The fraction of sp³-hybridized carbons (Fsp3) is 0.429. The smallest absolute Gasteiger partial charge is 0.0459 e. The van der Waals surface area contributed by atoms with Crippen molar-refractivity contribution in [3.63, 3.8) is 0 Å². The molecule has 3 rings (SSSR count). The van der Waals surface area contributed by atoms with Crippen molar-refractivity contribution in [1.29, 1.82) is 0 Å². The highest BCUT2D eigenvalue weighted by molar-refractivity contribution is 5.85. The molecule has 0 radical (unpaired) electrons. The third-order valence-corrected chi connectivity index (χ3v) is 3.52. The minimum Gasteiger partial charge on any atom is -0.358 e. The van der Waals surface area contributed by atoms with Crippen LogP contribution in [0.5, 0.6) is 0 Å². The van der Waals surface area contributed by atoms with Crippen LogP contribution in [0.1, 0.15) is 30.1 Å². The molecule has 0 spiro atoms. The Labute approximate surface area is 101 Å². The summed E-state index contributed by atoms with van der Waals surface area (Å²) >= 11 is 0. The van der Waals surface area contributed by atoms with Crippen molar-refractivity contribution in [3.05, 3.63) is 35.5 Å². The van der Waals surface area contributed by atoms with Crippen molar-refractivity contribution in [2.45, 2.75) is 31.8 Å². The molecule has 1 heterocycles. The van der Waals surface area contributed by atoms with E-state index >= 15 is 0 Å². The van der Waals surface area contributed by atoms with Crippen molar-refractivity contribution in [2.24, 2.45) is 5.73 Å². The number of aromatic nitrogens is 1. The maximum atomic E-state index is 6.30. The SMILES string of the molecule is Cc1[nH]c2ccccc2c1C(N)CNC1CC1. The summed E-state index contributed by atoms with van der Waals surface area (Å²) in [6.45, 7) is 2.97. The van der Waals surface area contributed by atoms with Crippen LogP contribution in [0.15, 0.2) is 24.3 Å². The Hall–Kier alpha value is -1.32. The molecule has 90 valence electrons. The Morgan fingerprint density at radius 1 is 1.41 bits per heavy atom. The average molecular weight is 229 g/mol. The van der Waals surface area contributed by atoms with Gasteiger partial charge >= 0.3 is 0 Å². The number of aryl methyl sites for hydroxylation is 1. The van der Waals surface area contributed by atoms with Crippen molar-refractivity contribution >= 4 is 10.9 Å². The predicted octanol–water partition coefficient (Wildman–Crippen LogP) is 2.23. The Balaban J connectivity index is 1.88. The first-order chi connectivity index (χ1) is 8.25. The number of rotatable bonds is 4. The van der Waals surface area contributed by atoms with Gasteiger partial charge in [-0.2, -0.15) is 0 Å². The molecule has 1 fully saturated rings. The first kappa shape index (κ1) is 10.8. The van der Waals surface area contributed by atoms with Gasteiger partial charge in [-0.05, 0) is 31.4 Å². The quantitative estimate of drug-likeness (QED) is 0.753. The molecule has 4 N–H and O–H groups in total. The molecule has 2 aromatic rings. The average Bonchev–Trinajstić information content (AvgIpc) is 3.07. The summed E-state index contributed by atoms with van der Waals surface area (Å²) in [4.78, 5) is 3.40. The fourth-order valence-electron chi connectivity index (χ4n) is 2.46. The molecule has 1 aromatic heterocycles. The molecule has 1 atom stereocenters. The summed E-state index contributed by atoms with van der Waals surface area (Å²) in [5.74, 6) is 0. The van der Waals surface area contributed by atoms with E-state index in [1.54, 1.807) is 0 Å². The largest absolute Gasteiger partial charge is 0.358 e. The van der Waals surface area contributed by atoms with Gasteiger partial charge in [-0.25, -0.2) is 0 Å². The summed E-state index contributed by atoms with van der Waals surface area (Å²) in [6, 6.07) is 9.16. The summed E-state index contributed by atoms with van der Waals surface area (Å²) in [7, 11) is 0. The molecule has 3 nitrogen and oxygen atoms in total. The van der Waals surface area contributed by atoms with Gasteiger partial charge in [0.1, 0.15) is 0 Å². The first-order valence-corrected chi connectivity index (χ1v) is 6.32. The fourth-order valence-corrected chi connectivity index (χ4v) is 2.46. The topological polar surface area (TPSA) is 53.8 Å². The molecule has 0 bridgehead atoms. The van der Waals surface area contributed by atoms with E-state index in [1.807, 2.05) is 0 Å². The van der Waals surface area contributed by atoms with E-state index in [0.717, 1.165) is 6.54 Å². The Morgan fingerprint density at radius 2 is 2.18 bits per heavy atom. The molecular weight excluding hydrogens is 210 g/mol. The summed E-state index contributed by atoms with van der Waals surface area (Å²) in [5, 5.41) is 4.76. The lowest BCUT2D eigenvalue weighted by Crippen LogP contribution is -2.28. The number of nitrogens with two attached hydrogens (primary N) is 1. The number of benzene rings is 1. The van der Waals surface area contributed by atoms with E-state index in [1.165, 1.54) is 35.0 Å². The van der Waals surface area contributed by atoms with Gasteiger partial charge in [0.25, 0.3) is 0 Å². The Morgan fingerprint density at radius 3 is 2.94 bits per heavy atom. The molecule has 1 aliphatic carbocycles. The van der Waals surface area contributed by atoms with Gasteiger partial charge in [0.05, 0.1) is 0 Å². The molecule has 1 saturated carbocycles. The van der Waals surface area contributed by atoms with Crippen LogP contribution in [-0.2, 0) is 0 Å². The molecular formula is C14H19N3. The number of aromatic amines is 1. The lowest BCUT2D eigenvalue weighted by atomic mass is 10.0. The summed E-state index contributed by atoms with van der Waals surface area (Å²) in [5.41, 5.74) is 9.93. The minimum absolute atomic E-state index is 0.0757. The van der Waals surface area contributed by atoms with Gasteiger partial charge in [-0.1, -0.05) is 18.2 Å². The highest BCUT2D eigenvalue weighted by Crippen LogP contribution is 2.27. The second kappa shape index (κ2) is 4.17. The zero-order chi connectivity index (χ0) is 11.8. The number of hydrogen-bond donors (Lipinski definition) is 3. The zero-order valence-corrected chi connectivity index (χ0v) is 10.2. The Bertz CT molecular complexity index is 525. The standard InChI is InChI=1S/C14H19N3/c1-9-14(12(15)8-16-10-6-7-10)11-4-2-3-5-13(11)17-9/h2-5,10,12,16-17H,6-8,15H2,1H3. The van der Waals surface area contributed by atoms with Crippen LogP contribution in [0, 0.1) is 6.92 Å². The molecule has 1 unspecified atom stereocenters. The Kier molecular flexibility index (Phi) is 2.65. The molecule has 0 saturated heterocycles. The monoisotopic (exact) mass is 229 g/mol. The molecule has 0 amide bonds. The van der Waals surface area contributed by atoms with E-state index in [0.29, 0.717) is 6.04 Å². The summed E-state index contributed by atoms with van der Waals surface area (Å²) < 4.78 is 0. The summed E-state index contributed by atoms with van der Waals surface area (Å²) in [6.07, 6.45) is 2.61. The van der Waals surface area contributed by atoms with Gasteiger partial charge in [-0.3, -0.25) is 0 Å². The molecule has 17 heavy (non-hydrogen) atoms. The highest BCUT2D eigenvalue weighted by Gasteiger charge is 2.22. The van der Waals surface area contributed by atoms with Crippen molar-refractivity contribution in [1.82, 2.24) is 10.3 Å². The van der Waals surface area contributed by atoms with Crippen LogP contribution in [0.4, 0.5) is 0 Å². The number of hydrogen-bond acceptors (Lipinski definition) is 2. The van der Waals surface area contributed by atoms with Gasteiger partial charge in [-0.15, -0.1) is 0 Å². The van der Waals surface area contributed by atoms with E-state index in [2.05, 4.69) is 41.5 Å². The van der Waals surface area contributed by atoms with Crippen LogP contribution >= 0.6 is 0 Å². The van der Waals surface area contributed by atoms with Gasteiger partial charge in [0, 0.05) is 35.2 Å². The maximum absolute atomic E-state index is 6.30. The highest BCUT2D eigenvalue weighted by atomic mass is 15.0. The normalized spacial score (nSPS) is 17.5. The second-order valence-electron chi connectivity index (χ2n) is 5.00. The lowest BCUT2D eigenvalue weighted by molar-refractivity contribution is 0.595. The molecule has 1 aromatic carbocycles. The zero-order valence-electron chi connectivity index (χ0n) is 10.2. The number of para-hydroxylation sites is 1. The van der Waals surface area contributed by atoms with Crippen molar-refractivity contribution < 1.29 is 0 Å². The van der Waals surface area contributed by atoms with Crippen LogP contribution in [0.3, 0.4) is 0 Å². The van der Waals surface area contributed by atoms with Gasteiger partial charge < -0.3 is 16.0 Å². The number of fused-ring (bicyclic) bond motifs is 1. The van der Waals surface area contributed by atoms with Crippen molar-refractivity contribution in [3.8, 4) is 0 Å². The van der Waals surface area contributed by atoms with E-state index in [4.69, 9.17) is 5.73 Å². The van der Waals surface area contributed by atoms with Gasteiger partial charge in [0.15, 0.2) is 0 Å². The molecule has 1 aliphatic rings. The van der Waals surface area contributed by atoms with Crippen LogP contribution in [0.2, 0.25) is 0 Å². The molecule has 3 heteroatoms. The third-order valence-electron chi connectivity index (χ3n) is 3.52. The number of H-pyrrole nitrogens is 1. The van der Waals surface area contributed by atoms with Gasteiger partial charge in [0.2, 0.25) is 0 Å². The van der Waals surface area contributed by atoms with E-state index in [-0.39, 0.29) is 6.04 Å². The van der Waals surface area contributed by atoms with E-state index < -0.39 is 0 Å². The van der Waals surface area contributed by atoms with E-state index in [9.17, 15) is 0 Å². The second-order valence-corrected chi connectivity index (χ2v) is 5.00. The van der Waals surface area contributed by atoms with Crippen molar-refractivity contribution in [2.75, 3.05) is 6.54 Å². The molecule has 0 aliphatic heterocycles. The predicted molar refractivity (Wildman–Crippen MR) is 71.0 cm³/mol. The van der Waals surface area contributed by atoms with Crippen LogP contribution in [0.25, 0.3) is 10.9 Å². The van der Waals surface area contributed by atoms with Crippen LogP contribution < -0.4 is 11.1 Å². The number of nitrogens with one attached hydrogen (secondary N) is 2. The first-order valence-electron chi connectivity index (χ1n) is 6.32.